The molecule has 0 bridgehead atoms. The molecular weight excluding hydrogens is 803 g/mol. The van der Waals surface area contributed by atoms with Gasteiger partial charge in [-0.2, -0.15) is 0 Å². The number of rotatable bonds is 52. The molecule has 0 aliphatic heterocycles. The third kappa shape index (κ3) is 51.1. The van der Waals surface area contributed by atoms with Crippen LogP contribution in [0.2, 0.25) is 0 Å². The van der Waals surface area contributed by atoms with Crippen molar-refractivity contribution in [3.63, 3.8) is 0 Å². The number of nitrogens with one attached hydrogen (secondary N) is 1. The predicted molar refractivity (Wildman–Crippen MR) is 282 cm³/mol. The normalized spacial score (nSPS) is 13.0. The molecule has 0 aromatic carbocycles. The number of allylic oxidation sites excluding steroid dienone is 6. The third-order valence-electron chi connectivity index (χ3n) is 12.8. The Hall–Kier alpha value is -2.18. The van der Waals surface area contributed by atoms with Crippen LogP contribution in [0.1, 0.15) is 290 Å². The Morgan fingerprint density at radius 3 is 1.18 bits per heavy atom. The number of esters is 1. The van der Waals surface area contributed by atoms with Crippen LogP contribution in [0.3, 0.4) is 0 Å². The van der Waals surface area contributed by atoms with Gasteiger partial charge in [0.1, 0.15) is 0 Å². The van der Waals surface area contributed by atoms with Gasteiger partial charge in [-0.25, -0.2) is 0 Å². The molecule has 0 saturated heterocycles. The van der Waals surface area contributed by atoms with Gasteiger partial charge in [0.05, 0.1) is 25.4 Å². The predicted octanol–water partition coefficient (Wildman–Crippen LogP) is 17.4. The van der Waals surface area contributed by atoms with Crippen LogP contribution in [0, 0.1) is 0 Å². The van der Waals surface area contributed by atoms with E-state index in [4.69, 9.17) is 4.74 Å². The first-order valence-electron chi connectivity index (χ1n) is 28.4. The average Bonchev–Trinajstić information content (AvgIpc) is 3.31. The standard InChI is InChI=1S/C59H109NO5/c1-3-5-7-9-11-13-15-17-25-29-33-37-41-45-49-53-59(64)65-54-50-46-42-38-34-30-27-24-22-20-18-19-21-23-26-28-32-36-40-44-48-52-58(63)60-56(55-61)57(62)51-47-43-39-35-31-16-14-12-10-8-6-4-2/h17,25,30,34,42,46-47,51,56-57,61-62H,3-16,18-24,26-29,31-33,35-41,43-45,48-50,52-55H2,1-2H3,(H,60,63)/b25-17-,34-30-,46-42-,51-47+. The van der Waals surface area contributed by atoms with Gasteiger partial charge in [-0.3, -0.25) is 9.59 Å². The molecule has 0 fully saturated rings. The summed E-state index contributed by atoms with van der Waals surface area (Å²) in [7, 11) is 0. The Balaban J connectivity index is 3.48. The van der Waals surface area contributed by atoms with E-state index >= 15 is 0 Å². The lowest BCUT2D eigenvalue weighted by molar-refractivity contribution is -0.143. The Morgan fingerprint density at radius 1 is 0.431 bits per heavy atom. The number of carbonyl (C=O) groups is 2. The zero-order valence-corrected chi connectivity index (χ0v) is 43.2. The van der Waals surface area contributed by atoms with Crippen LogP contribution in [0.25, 0.3) is 0 Å². The topological polar surface area (TPSA) is 95.9 Å². The minimum Gasteiger partial charge on any atom is -0.465 e. The van der Waals surface area contributed by atoms with E-state index in [1.807, 2.05) is 6.08 Å². The molecule has 6 nitrogen and oxygen atoms in total. The fraction of sp³-hybridized carbons (Fsp3) is 0.831. The van der Waals surface area contributed by atoms with Crippen molar-refractivity contribution in [2.45, 2.75) is 302 Å². The van der Waals surface area contributed by atoms with Crippen LogP contribution in [-0.4, -0.2) is 47.4 Å². The van der Waals surface area contributed by atoms with Crippen molar-refractivity contribution in [3.05, 3.63) is 48.6 Å². The van der Waals surface area contributed by atoms with Gasteiger partial charge in [0.25, 0.3) is 0 Å². The van der Waals surface area contributed by atoms with Crippen molar-refractivity contribution in [1.82, 2.24) is 5.32 Å². The number of carbonyl (C=O) groups excluding carboxylic acids is 2. The summed E-state index contributed by atoms with van der Waals surface area (Å²) in [4.78, 5) is 24.4. The van der Waals surface area contributed by atoms with Crippen molar-refractivity contribution in [2.24, 2.45) is 0 Å². The highest BCUT2D eigenvalue weighted by Crippen LogP contribution is 2.16. The van der Waals surface area contributed by atoms with Gasteiger partial charge < -0.3 is 20.3 Å². The molecule has 65 heavy (non-hydrogen) atoms. The van der Waals surface area contributed by atoms with E-state index in [9.17, 15) is 19.8 Å². The summed E-state index contributed by atoms with van der Waals surface area (Å²) >= 11 is 0. The van der Waals surface area contributed by atoms with Crippen LogP contribution in [0.5, 0.6) is 0 Å². The molecule has 0 aromatic heterocycles. The number of hydrogen-bond donors (Lipinski definition) is 3. The lowest BCUT2D eigenvalue weighted by atomic mass is 10.0. The van der Waals surface area contributed by atoms with Crippen LogP contribution in [-0.2, 0) is 14.3 Å². The second-order valence-corrected chi connectivity index (χ2v) is 19.3. The van der Waals surface area contributed by atoms with Crippen LogP contribution in [0.4, 0.5) is 0 Å². The highest BCUT2D eigenvalue weighted by Gasteiger charge is 2.18. The zero-order chi connectivity index (χ0) is 47.2. The number of ether oxygens (including phenoxy) is 1. The zero-order valence-electron chi connectivity index (χ0n) is 43.2. The molecule has 0 aliphatic rings. The van der Waals surface area contributed by atoms with Gasteiger partial charge in [0.15, 0.2) is 0 Å². The molecule has 0 aromatic rings. The molecule has 380 valence electrons. The maximum atomic E-state index is 12.4. The largest absolute Gasteiger partial charge is 0.465 e. The third-order valence-corrected chi connectivity index (χ3v) is 12.8. The van der Waals surface area contributed by atoms with Crippen LogP contribution in [0.15, 0.2) is 48.6 Å². The van der Waals surface area contributed by atoms with Gasteiger partial charge in [-0.15, -0.1) is 0 Å². The summed E-state index contributed by atoms with van der Waals surface area (Å²) in [6.07, 6.45) is 68.6. The van der Waals surface area contributed by atoms with Gasteiger partial charge in [0, 0.05) is 12.8 Å². The Labute approximate surface area is 404 Å². The molecule has 3 N–H and O–H groups in total. The molecule has 0 radical (unpaired) electrons. The van der Waals surface area contributed by atoms with Gasteiger partial charge in [-0.05, 0) is 77.0 Å². The summed E-state index contributed by atoms with van der Waals surface area (Å²) in [6, 6.07) is -0.631. The van der Waals surface area contributed by atoms with Gasteiger partial charge >= 0.3 is 5.97 Å². The fourth-order valence-electron chi connectivity index (χ4n) is 8.47. The lowest BCUT2D eigenvalue weighted by Gasteiger charge is -2.20. The minimum atomic E-state index is -0.847. The molecule has 0 heterocycles. The average molecular weight is 913 g/mol. The Kier molecular flexibility index (Phi) is 52.6. The molecule has 0 spiro atoms. The molecule has 0 saturated carbocycles. The monoisotopic (exact) mass is 912 g/mol. The van der Waals surface area contributed by atoms with E-state index in [2.05, 4.69) is 55.6 Å². The van der Waals surface area contributed by atoms with Crippen molar-refractivity contribution < 1.29 is 24.5 Å². The van der Waals surface area contributed by atoms with E-state index in [0.29, 0.717) is 19.4 Å². The summed E-state index contributed by atoms with van der Waals surface area (Å²) in [6.45, 7) is 4.77. The van der Waals surface area contributed by atoms with Crippen molar-refractivity contribution in [2.75, 3.05) is 13.2 Å². The summed E-state index contributed by atoms with van der Waals surface area (Å²) in [5.41, 5.74) is 0. The van der Waals surface area contributed by atoms with E-state index in [-0.39, 0.29) is 18.5 Å². The molecule has 1 amide bonds. The maximum Gasteiger partial charge on any atom is 0.305 e. The lowest BCUT2D eigenvalue weighted by Crippen LogP contribution is -2.45. The summed E-state index contributed by atoms with van der Waals surface area (Å²) in [5, 5.41) is 23.0. The number of aliphatic hydroxyl groups is 2. The van der Waals surface area contributed by atoms with Gasteiger partial charge in [0.2, 0.25) is 5.91 Å². The molecule has 6 heteroatoms. The molecule has 2 unspecified atom stereocenters. The maximum absolute atomic E-state index is 12.4. The summed E-state index contributed by atoms with van der Waals surface area (Å²) < 4.78 is 5.41. The number of unbranched alkanes of at least 4 members (excludes halogenated alkanes) is 35. The second-order valence-electron chi connectivity index (χ2n) is 19.3. The van der Waals surface area contributed by atoms with E-state index in [1.54, 1.807) is 6.08 Å². The molecule has 2 atom stereocenters. The van der Waals surface area contributed by atoms with Crippen LogP contribution < -0.4 is 5.32 Å². The number of hydrogen-bond acceptors (Lipinski definition) is 5. The number of aliphatic hydroxyl groups excluding tert-OH is 2. The first-order chi connectivity index (χ1) is 32.0. The van der Waals surface area contributed by atoms with E-state index < -0.39 is 12.1 Å². The van der Waals surface area contributed by atoms with E-state index in [1.165, 1.54) is 212 Å². The number of amides is 1. The molecule has 0 rings (SSSR count). The Morgan fingerprint density at radius 2 is 0.769 bits per heavy atom. The SMILES string of the molecule is CCCCCCCC/C=C\CCCCCCCC(=O)OCC/C=C\C/C=C\CCCCCCCCCCCCCCCCC(=O)NC(CO)C(O)/C=C/CCCCCCCCCCCC. The minimum absolute atomic E-state index is 0.0444. The first-order valence-corrected chi connectivity index (χ1v) is 28.4. The van der Waals surface area contributed by atoms with Crippen molar-refractivity contribution in [1.29, 1.82) is 0 Å². The first kappa shape index (κ1) is 62.8. The molecule has 0 aliphatic carbocycles. The second kappa shape index (κ2) is 54.4. The van der Waals surface area contributed by atoms with Crippen molar-refractivity contribution >= 4 is 11.9 Å². The smallest absolute Gasteiger partial charge is 0.305 e. The highest BCUT2D eigenvalue weighted by atomic mass is 16.5. The molecular formula is C59H109NO5. The van der Waals surface area contributed by atoms with Crippen molar-refractivity contribution in [3.8, 4) is 0 Å². The Bertz CT molecular complexity index is 1100. The van der Waals surface area contributed by atoms with Gasteiger partial charge in [-0.1, -0.05) is 249 Å². The quantitative estimate of drug-likeness (QED) is 0.0321. The van der Waals surface area contributed by atoms with Crippen LogP contribution >= 0.6 is 0 Å². The summed E-state index contributed by atoms with van der Waals surface area (Å²) in [5.74, 6) is -0.119. The van der Waals surface area contributed by atoms with E-state index in [0.717, 1.165) is 51.4 Å². The fourth-order valence-corrected chi connectivity index (χ4v) is 8.47. The highest BCUT2D eigenvalue weighted by molar-refractivity contribution is 5.76.